The van der Waals surface area contributed by atoms with E-state index in [9.17, 15) is 9.59 Å². The van der Waals surface area contributed by atoms with Crippen molar-refractivity contribution in [3.8, 4) is 5.75 Å². The second-order valence-corrected chi connectivity index (χ2v) is 9.15. The molecular weight excluding hydrogens is 428 g/mol. The average molecular weight is 465 g/mol. The smallest absolute Gasteiger partial charge is 0.236 e. The maximum atomic E-state index is 12.8. The van der Waals surface area contributed by atoms with E-state index < -0.39 is 0 Å². The summed E-state index contributed by atoms with van der Waals surface area (Å²) in [6.45, 7) is 7.70. The van der Waals surface area contributed by atoms with Gasteiger partial charge in [-0.25, -0.2) is 0 Å². The number of methoxy groups -OCH3 is 1. The molecule has 0 aromatic heterocycles. The number of rotatable bonds is 8. The molecule has 2 aliphatic rings. The third-order valence-electron chi connectivity index (χ3n) is 6.84. The second-order valence-electron chi connectivity index (χ2n) is 9.15. The largest absolute Gasteiger partial charge is 0.497 e. The molecule has 2 aromatic carbocycles. The molecule has 0 unspecified atom stereocenters. The Morgan fingerprint density at radius 3 is 1.91 bits per heavy atom. The fraction of sp³-hybridized carbons (Fsp3) is 0.481. The van der Waals surface area contributed by atoms with Gasteiger partial charge in [-0.15, -0.1) is 0 Å². The van der Waals surface area contributed by atoms with Crippen LogP contribution < -0.4 is 4.74 Å². The van der Waals surface area contributed by atoms with Gasteiger partial charge in [0.15, 0.2) is 0 Å². The molecule has 182 valence electrons. The first-order valence-electron chi connectivity index (χ1n) is 12.3. The van der Waals surface area contributed by atoms with Crippen LogP contribution in [0.15, 0.2) is 54.6 Å². The molecule has 7 nitrogen and oxygen atoms in total. The maximum Gasteiger partial charge on any atom is 0.236 e. The fourth-order valence-corrected chi connectivity index (χ4v) is 4.65. The van der Waals surface area contributed by atoms with E-state index in [1.165, 1.54) is 5.56 Å². The number of benzene rings is 2. The monoisotopic (exact) mass is 464 g/mol. The SMILES string of the molecule is COc1ccc(CCC(=O)N2CCN(CC(=O)N3CCN(Cc4ccccc4)CC3)CC2)cc1. The molecule has 0 atom stereocenters. The van der Waals surface area contributed by atoms with Crippen LogP contribution in [0.5, 0.6) is 5.75 Å². The Bertz CT molecular complexity index is 919. The van der Waals surface area contributed by atoms with Gasteiger partial charge in [-0.2, -0.15) is 0 Å². The zero-order valence-electron chi connectivity index (χ0n) is 20.2. The third-order valence-corrected chi connectivity index (χ3v) is 6.84. The van der Waals surface area contributed by atoms with Crippen molar-refractivity contribution in [3.05, 3.63) is 65.7 Å². The molecule has 2 heterocycles. The number of hydrogen-bond donors (Lipinski definition) is 0. The number of carbonyl (C=O) groups is 2. The van der Waals surface area contributed by atoms with Crippen LogP contribution in [-0.2, 0) is 22.6 Å². The molecule has 34 heavy (non-hydrogen) atoms. The van der Waals surface area contributed by atoms with E-state index in [0.717, 1.165) is 63.5 Å². The predicted molar refractivity (Wildman–Crippen MR) is 133 cm³/mol. The summed E-state index contributed by atoms with van der Waals surface area (Å²) in [6, 6.07) is 18.4. The van der Waals surface area contributed by atoms with Crippen LogP contribution in [-0.4, -0.2) is 97.4 Å². The molecular formula is C27H36N4O3. The Labute approximate surface area is 202 Å². The molecule has 2 aromatic rings. The van der Waals surface area contributed by atoms with Crippen LogP contribution in [0.25, 0.3) is 0 Å². The van der Waals surface area contributed by atoms with E-state index in [-0.39, 0.29) is 11.8 Å². The lowest BCUT2D eigenvalue weighted by Gasteiger charge is -2.38. The van der Waals surface area contributed by atoms with E-state index in [1.807, 2.05) is 40.1 Å². The van der Waals surface area contributed by atoms with Gasteiger partial charge < -0.3 is 14.5 Å². The first kappa shape index (κ1) is 24.2. The van der Waals surface area contributed by atoms with Crippen molar-refractivity contribution in [2.45, 2.75) is 19.4 Å². The van der Waals surface area contributed by atoms with Crippen LogP contribution in [0.2, 0.25) is 0 Å². The van der Waals surface area contributed by atoms with Crippen LogP contribution in [0.4, 0.5) is 0 Å². The number of ether oxygens (including phenoxy) is 1. The van der Waals surface area contributed by atoms with Crippen molar-refractivity contribution in [2.24, 2.45) is 0 Å². The lowest BCUT2D eigenvalue weighted by molar-refractivity contribution is -0.136. The fourth-order valence-electron chi connectivity index (χ4n) is 4.65. The lowest BCUT2D eigenvalue weighted by atomic mass is 10.1. The molecule has 7 heteroatoms. The number of amides is 2. The van der Waals surface area contributed by atoms with Gasteiger partial charge in [0.2, 0.25) is 11.8 Å². The van der Waals surface area contributed by atoms with Crippen LogP contribution >= 0.6 is 0 Å². The molecule has 2 amide bonds. The van der Waals surface area contributed by atoms with Gasteiger partial charge >= 0.3 is 0 Å². The van der Waals surface area contributed by atoms with Crippen LogP contribution in [0.1, 0.15) is 17.5 Å². The van der Waals surface area contributed by atoms with Crippen molar-refractivity contribution in [2.75, 3.05) is 66.0 Å². The topological polar surface area (TPSA) is 56.3 Å². The number of aryl methyl sites for hydroxylation is 1. The molecule has 0 radical (unpaired) electrons. The number of carbonyl (C=O) groups excluding carboxylic acids is 2. The number of hydrogen-bond acceptors (Lipinski definition) is 5. The summed E-state index contributed by atoms with van der Waals surface area (Å²) in [5.41, 5.74) is 2.46. The summed E-state index contributed by atoms with van der Waals surface area (Å²) in [7, 11) is 1.65. The molecule has 2 aliphatic heterocycles. The Balaban J connectivity index is 1.13. The second kappa shape index (κ2) is 12.0. The van der Waals surface area contributed by atoms with Gasteiger partial charge in [0, 0.05) is 65.3 Å². The minimum absolute atomic E-state index is 0.191. The highest BCUT2D eigenvalue weighted by molar-refractivity contribution is 5.79. The standard InChI is InChI=1S/C27H36N4O3/c1-34-25-10-7-23(8-11-25)9-12-26(32)30-17-15-29(16-18-30)22-27(33)31-19-13-28(14-20-31)21-24-5-3-2-4-6-24/h2-8,10-11H,9,12-22H2,1H3. The van der Waals surface area contributed by atoms with E-state index in [2.05, 4.69) is 34.1 Å². The Kier molecular flexibility index (Phi) is 8.55. The summed E-state index contributed by atoms with van der Waals surface area (Å²) in [4.78, 5) is 34.0. The summed E-state index contributed by atoms with van der Waals surface area (Å²) < 4.78 is 5.18. The van der Waals surface area contributed by atoms with Gasteiger partial charge in [-0.1, -0.05) is 42.5 Å². The highest BCUT2D eigenvalue weighted by Gasteiger charge is 2.26. The van der Waals surface area contributed by atoms with Crippen LogP contribution in [0.3, 0.4) is 0 Å². The van der Waals surface area contributed by atoms with Gasteiger partial charge in [-0.05, 0) is 29.7 Å². The molecule has 2 fully saturated rings. The molecule has 4 rings (SSSR count). The highest BCUT2D eigenvalue weighted by atomic mass is 16.5. The zero-order chi connectivity index (χ0) is 23.8. The first-order chi connectivity index (χ1) is 16.6. The van der Waals surface area contributed by atoms with Crippen molar-refractivity contribution in [1.29, 1.82) is 0 Å². The highest BCUT2D eigenvalue weighted by Crippen LogP contribution is 2.14. The average Bonchev–Trinajstić information content (AvgIpc) is 2.89. The zero-order valence-corrected chi connectivity index (χ0v) is 20.2. The lowest BCUT2D eigenvalue weighted by Crippen LogP contribution is -2.54. The van der Waals surface area contributed by atoms with Crippen molar-refractivity contribution in [1.82, 2.24) is 19.6 Å². The molecule has 0 bridgehead atoms. The summed E-state index contributed by atoms with van der Waals surface area (Å²) >= 11 is 0. The molecule has 0 spiro atoms. The van der Waals surface area contributed by atoms with Crippen LogP contribution in [0, 0.1) is 0 Å². The normalized spacial score (nSPS) is 17.6. The van der Waals surface area contributed by atoms with Crippen molar-refractivity contribution >= 4 is 11.8 Å². The van der Waals surface area contributed by atoms with Gasteiger partial charge in [-0.3, -0.25) is 19.4 Å². The van der Waals surface area contributed by atoms with Gasteiger partial charge in [0.1, 0.15) is 5.75 Å². The summed E-state index contributed by atoms with van der Waals surface area (Å²) in [5.74, 6) is 1.23. The predicted octanol–water partition coefficient (Wildman–Crippen LogP) is 2.12. The maximum absolute atomic E-state index is 12.8. The van der Waals surface area contributed by atoms with E-state index in [1.54, 1.807) is 7.11 Å². The van der Waals surface area contributed by atoms with E-state index in [0.29, 0.717) is 26.1 Å². The third kappa shape index (κ3) is 6.81. The molecule has 0 aliphatic carbocycles. The summed E-state index contributed by atoms with van der Waals surface area (Å²) in [5, 5.41) is 0. The Hall–Kier alpha value is -2.90. The Morgan fingerprint density at radius 2 is 1.29 bits per heavy atom. The van der Waals surface area contributed by atoms with Crippen molar-refractivity contribution < 1.29 is 14.3 Å². The van der Waals surface area contributed by atoms with Crippen molar-refractivity contribution in [3.63, 3.8) is 0 Å². The first-order valence-corrected chi connectivity index (χ1v) is 12.3. The molecule has 0 N–H and O–H groups in total. The Morgan fingerprint density at radius 1 is 0.706 bits per heavy atom. The minimum Gasteiger partial charge on any atom is -0.497 e. The molecule has 2 saturated heterocycles. The van der Waals surface area contributed by atoms with E-state index >= 15 is 0 Å². The number of nitrogens with zero attached hydrogens (tertiary/aromatic N) is 4. The molecule has 0 saturated carbocycles. The minimum atomic E-state index is 0.191. The quantitative estimate of drug-likeness (QED) is 0.599. The summed E-state index contributed by atoms with van der Waals surface area (Å²) in [6.07, 6.45) is 1.25. The van der Waals surface area contributed by atoms with E-state index in [4.69, 9.17) is 4.74 Å². The van der Waals surface area contributed by atoms with Gasteiger partial charge in [0.25, 0.3) is 0 Å². The van der Waals surface area contributed by atoms with Gasteiger partial charge in [0.05, 0.1) is 13.7 Å². The number of piperazine rings is 2.